The van der Waals surface area contributed by atoms with E-state index < -0.39 is 5.97 Å². The van der Waals surface area contributed by atoms with Crippen molar-refractivity contribution < 1.29 is 15.0 Å². The van der Waals surface area contributed by atoms with E-state index in [2.05, 4.69) is 5.32 Å². The van der Waals surface area contributed by atoms with Gasteiger partial charge in [-0.2, -0.15) is 0 Å². The van der Waals surface area contributed by atoms with Crippen molar-refractivity contribution in [2.24, 2.45) is 5.92 Å². The van der Waals surface area contributed by atoms with Crippen LogP contribution in [0.5, 0.6) is 0 Å². The fourth-order valence-corrected chi connectivity index (χ4v) is 2.05. The number of carboxylic acids is 1. The predicted octanol–water partition coefficient (Wildman–Crippen LogP) is 0.990. The molecule has 0 amide bonds. The summed E-state index contributed by atoms with van der Waals surface area (Å²) in [6.45, 7) is 2.80. The highest BCUT2D eigenvalue weighted by molar-refractivity contribution is 5.66. The van der Waals surface area contributed by atoms with Crippen LogP contribution in [-0.2, 0) is 4.79 Å². The number of aliphatic carboxylic acids is 1. The van der Waals surface area contributed by atoms with Crippen LogP contribution in [0.3, 0.4) is 0 Å². The number of carbonyl (C=O) groups is 1. The van der Waals surface area contributed by atoms with Gasteiger partial charge in [0.15, 0.2) is 0 Å². The van der Waals surface area contributed by atoms with Gasteiger partial charge in [-0.05, 0) is 32.1 Å². The van der Waals surface area contributed by atoms with E-state index in [1.54, 1.807) is 0 Å². The molecule has 15 heavy (non-hydrogen) atoms. The highest BCUT2D eigenvalue weighted by Gasteiger charge is 2.24. The largest absolute Gasteiger partial charge is 0.481 e. The van der Waals surface area contributed by atoms with E-state index in [9.17, 15) is 9.90 Å². The van der Waals surface area contributed by atoms with Gasteiger partial charge in [-0.3, -0.25) is 4.79 Å². The van der Waals surface area contributed by atoms with Gasteiger partial charge in [-0.1, -0.05) is 6.42 Å². The minimum Gasteiger partial charge on any atom is -0.481 e. The van der Waals surface area contributed by atoms with Crippen LogP contribution < -0.4 is 5.32 Å². The molecule has 3 unspecified atom stereocenters. The first kappa shape index (κ1) is 12.5. The Bertz CT molecular complexity index is 208. The molecule has 1 saturated carbocycles. The summed E-state index contributed by atoms with van der Waals surface area (Å²) < 4.78 is 0. The standard InChI is InChI=1S/C11H21NO3/c1-8(5-6-11(14)15)12-7-9-3-2-4-10(9)13/h8-10,12-13H,2-7H2,1H3,(H,14,15). The number of aliphatic hydroxyl groups excluding tert-OH is 1. The highest BCUT2D eigenvalue weighted by Crippen LogP contribution is 2.24. The second kappa shape index (κ2) is 6.08. The molecule has 3 atom stereocenters. The molecule has 1 fully saturated rings. The third-order valence-corrected chi connectivity index (χ3v) is 3.14. The van der Waals surface area contributed by atoms with Crippen molar-refractivity contribution in [3.05, 3.63) is 0 Å². The summed E-state index contributed by atoms with van der Waals surface area (Å²) >= 11 is 0. The van der Waals surface area contributed by atoms with Crippen LogP contribution in [0.4, 0.5) is 0 Å². The predicted molar refractivity (Wildman–Crippen MR) is 57.7 cm³/mol. The maximum Gasteiger partial charge on any atom is 0.303 e. The molecule has 0 radical (unpaired) electrons. The second-order valence-corrected chi connectivity index (χ2v) is 4.50. The summed E-state index contributed by atoms with van der Waals surface area (Å²) in [6.07, 6.45) is 3.80. The van der Waals surface area contributed by atoms with E-state index in [-0.39, 0.29) is 18.6 Å². The van der Waals surface area contributed by atoms with Crippen molar-refractivity contribution in [3.8, 4) is 0 Å². The van der Waals surface area contributed by atoms with Gasteiger partial charge in [0.1, 0.15) is 0 Å². The Labute approximate surface area is 90.7 Å². The molecular formula is C11H21NO3. The summed E-state index contributed by atoms with van der Waals surface area (Å²) in [4.78, 5) is 10.3. The van der Waals surface area contributed by atoms with Gasteiger partial charge >= 0.3 is 5.97 Å². The molecule has 1 aliphatic rings. The Balaban J connectivity index is 2.10. The Kier molecular flexibility index (Phi) is 5.05. The van der Waals surface area contributed by atoms with Crippen LogP contribution in [0.15, 0.2) is 0 Å². The van der Waals surface area contributed by atoms with Gasteiger partial charge in [0.05, 0.1) is 6.10 Å². The van der Waals surface area contributed by atoms with E-state index in [4.69, 9.17) is 5.11 Å². The molecule has 4 nitrogen and oxygen atoms in total. The Morgan fingerprint density at radius 3 is 2.80 bits per heavy atom. The lowest BCUT2D eigenvalue weighted by molar-refractivity contribution is -0.137. The van der Waals surface area contributed by atoms with Gasteiger partial charge in [0.2, 0.25) is 0 Å². The second-order valence-electron chi connectivity index (χ2n) is 4.50. The van der Waals surface area contributed by atoms with Crippen LogP contribution in [0.25, 0.3) is 0 Å². The van der Waals surface area contributed by atoms with E-state index >= 15 is 0 Å². The average Bonchev–Trinajstić information content (AvgIpc) is 2.58. The minimum atomic E-state index is -0.746. The Hall–Kier alpha value is -0.610. The monoisotopic (exact) mass is 215 g/mol. The molecule has 88 valence electrons. The van der Waals surface area contributed by atoms with Gasteiger partial charge in [-0.15, -0.1) is 0 Å². The third-order valence-electron chi connectivity index (χ3n) is 3.14. The molecule has 1 rings (SSSR count). The van der Waals surface area contributed by atoms with Crippen molar-refractivity contribution in [2.45, 2.75) is 51.2 Å². The molecule has 0 aromatic heterocycles. The van der Waals surface area contributed by atoms with Crippen molar-refractivity contribution in [3.63, 3.8) is 0 Å². The Morgan fingerprint density at radius 1 is 1.53 bits per heavy atom. The summed E-state index contributed by atoms with van der Waals surface area (Å²) in [6, 6.07) is 0.217. The highest BCUT2D eigenvalue weighted by atomic mass is 16.4. The molecule has 3 N–H and O–H groups in total. The number of rotatable bonds is 6. The normalized spacial score (nSPS) is 27.9. The first-order valence-electron chi connectivity index (χ1n) is 5.73. The summed E-state index contributed by atoms with van der Waals surface area (Å²) in [5.74, 6) is -0.387. The summed E-state index contributed by atoms with van der Waals surface area (Å²) in [5.41, 5.74) is 0. The first-order chi connectivity index (χ1) is 7.09. The quantitative estimate of drug-likeness (QED) is 0.618. The van der Waals surface area contributed by atoms with Gasteiger partial charge in [-0.25, -0.2) is 0 Å². The van der Waals surface area contributed by atoms with Gasteiger partial charge < -0.3 is 15.5 Å². The van der Waals surface area contributed by atoms with E-state index in [0.717, 1.165) is 25.8 Å². The van der Waals surface area contributed by atoms with E-state index in [1.807, 2.05) is 6.92 Å². The molecule has 1 aliphatic carbocycles. The zero-order valence-corrected chi connectivity index (χ0v) is 9.28. The van der Waals surface area contributed by atoms with Crippen LogP contribution >= 0.6 is 0 Å². The molecular weight excluding hydrogens is 194 g/mol. The van der Waals surface area contributed by atoms with Crippen molar-refractivity contribution in [1.82, 2.24) is 5.32 Å². The lowest BCUT2D eigenvalue weighted by Gasteiger charge is -2.18. The molecule has 0 aliphatic heterocycles. The molecule has 0 heterocycles. The van der Waals surface area contributed by atoms with Crippen molar-refractivity contribution >= 4 is 5.97 Å². The van der Waals surface area contributed by atoms with Crippen LogP contribution in [-0.4, -0.2) is 34.9 Å². The van der Waals surface area contributed by atoms with Crippen molar-refractivity contribution in [1.29, 1.82) is 0 Å². The van der Waals surface area contributed by atoms with Crippen LogP contribution in [0.2, 0.25) is 0 Å². The summed E-state index contributed by atoms with van der Waals surface area (Å²) in [5, 5.41) is 21.4. The minimum absolute atomic E-state index is 0.163. The number of aliphatic hydroxyl groups is 1. The smallest absolute Gasteiger partial charge is 0.303 e. The zero-order valence-electron chi connectivity index (χ0n) is 9.28. The first-order valence-corrected chi connectivity index (χ1v) is 5.73. The summed E-state index contributed by atoms with van der Waals surface area (Å²) in [7, 11) is 0. The maximum absolute atomic E-state index is 10.3. The van der Waals surface area contributed by atoms with Crippen LogP contribution in [0, 0.1) is 5.92 Å². The van der Waals surface area contributed by atoms with E-state index in [1.165, 1.54) is 0 Å². The number of carboxylic acid groups (broad SMARTS) is 1. The van der Waals surface area contributed by atoms with Gasteiger partial charge in [0, 0.05) is 19.0 Å². The average molecular weight is 215 g/mol. The van der Waals surface area contributed by atoms with Crippen molar-refractivity contribution in [2.75, 3.05) is 6.54 Å². The molecule has 0 bridgehead atoms. The molecule has 0 saturated heterocycles. The number of nitrogens with one attached hydrogen (secondary N) is 1. The SMILES string of the molecule is CC(CCC(=O)O)NCC1CCCC1O. The molecule has 0 spiro atoms. The van der Waals surface area contributed by atoms with Crippen LogP contribution in [0.1, 0.15) is 39.0 Å². The number of hydrogen-bond donors (Lipinski definition) is 3. The molecule has 4 heteroatoms. The molecule has 0 aromatic carbocycles. The molecule has 0 aromatic rings. The number of hydrogen-bond acceptors (Lipinski definition) is 3. The zero-order chi connectivity index (χ0) is 11.3. The maximum atomic E-state index is 10.3. The fourth-order valence-electron chi connectivity index (χ4n) is 2.05. The Morgan fingerprint density at radius 2 is 2.27 bits per heavy atom. The van der Waals surface area contributed by atoms with E-state index in [0.29, 0.717) is 12.3 Å². The lowest BCUT2D eigenvalue weighted by Crippen LogP contribution is -2.34. The fraction of sp³-hybridized carbons (Fsp3) is 0.909. The third kappa shape index (κ3) is 4.62. The van der Waals surface area contributed by atoms with Gasteiger partial charge in [0.25, 0.3) is 0 Å². The lowest BCUT2D eigenvalue weighted by atomic mass is 10.1. The topological polar surface area (TPSA) is 69.6 Å².